The summed E-state index contributed by atoms with van der Waals surface area (Å²) in [5.41, 5.74) is -0.968. The second-order valence-corrected chi connectivity index (χ2v) is 5.60. The zero-order chi connectivity index (χ0) is 20.8. The monoisotopic (exact) mass is 398 g/mol. The number of amides is 1. The molecule has 0 aliphatic rings. The third kappa shape index (κ3) is 4.99. The first-order valence-electron chi connectivity index (χ1n) is 8.16. The summed E-state index contributed by atoms with van der Waals surface area (Å²) in [4.78, 5) is 27.4. The van der Waals surface area contributed by atoms with E-state index in [1.807, 2.05) is 0 Å². The van der Waals surface area contributed by atoms with E-state index in [1.54, 1.807) is 0 Å². The highest BCUT2D eigenvalue weighted by molar-refractivity contribution is 5.99. The molecular formula is C18H17F3N2O5. The molecule has 150 valence electrons. The number of nitrogens with zero attached hydrogens (tertiary/aromatic N) is 1. The quantitative estimate of drug-likeness (QED) is 0.464. The van der Waals surface area contributed by atoms with Gasteiger partial charge in [0.2, 0.25) is 0 Å². The van der Waals surface area contributed by atoms with Gasteiger partial charge < -0.3 is 10.4 Å². The second-order valence-electron chi connectivity index (χ2n) is 5.60. The SMILES string of the molecule is CCON(O)C(=O)c1ccc(F)c(F)c1Nc1ccc(CCC(=O)O)c(F)c1. The number of carboxylic acids is 1. The zero-order valence-corrected chi connectivity index (χ0v) is 14.7. The van der Waals surface area contributed by atoms with E-state index in [0.717, 1.165) is 12.1 Å². The minimum Gasteiger partial charge on any atom is -0.481 e. The number of hydrogen-bond acceptors (Lipinski definition) is 5. The van der Waals surface area contributed by atoms with Crippen LogP contribution in [0.1, 0.15) is 29.3 Å². The Kier molecular flexibility index (Phi) is 6.96. The van der Waals surface area contributed by atoms with Gasteiger partial charge in [0.25, 0.3) is 0 Å². The van der Waals surface area contributed by atoms with Crippen molar-refractivity contribution in [2.75, 3.05) is 11.9 Å². The predicted octanol–water partition coefficient (Wildman–Crippen LogP) is 3.65. The second kappa shape index (κ2) is 9.20. The molecule has 0 aliphatic carbocycles. The van der Waals surface area contributed by atoms with E-state index in [2.05, 4.69) is 10.2 Å². The van der Waals surface area contributed by atoms with Crippen LogP contribution in [0.5, 0.6) is 0 Å². The average Bonchev–Trinajstić information content (AvgIpc) is 2.64. The van der Waals surface area contributed by atoms with Gasteiger partial charge in [0.05, 0.1) is 17.9 Å². The van der Waals surface area contributed by atoms with Crippen molar-refractivity contribution in [3.05, 3.63) is 58.9 Å². The maximum Gasteiger partial charge on any atom is 0.305 e. The minimum atomic E-state index is -1.41. The van der Waals surface area contributed by atoms with E-state index in [0.29, 0.717) is 6.07 Å². The number of hydroxylamine groups is 2. The van der Waals surface area contributed by atoms with Gasteiger partial charge in [0, 0.05) is 12.1 Å². The first kappa shape index (κ1) is 21.2. The molecule has 28 heavy (non-hydrogen) atoms. The summed E-state index contributed by atoms with van der Waals surface area (Å²) < 4.78 is 42.0. The highest BCUT2D eigenvalue weighted by Gasteiger charge is 2.23. The first-order valence-corrected chi connectivity index (χ1v) is 8.16. The molecule has 0 aliphatic heterocycles. The Morgan fingerprint density at radius 1 is 1.14 bits per heavy atom. The summed E-state index contributed by atoms with van der Waals surface area (Å²) in [6.45, 7) is 1.44. The van der Waals surface area contributed by atoms with E-state index < -0.39 is 40.6 Å². The molecule has 0 radical (unpaired) electrons. The Hall–Kier alpha value is -3.11. The van der Waals surface area contributed by atoms with Crippen LogP contribution in [0.15, 0.2) is 30.3 Å². The summed E-state index contributed by atoms with van der Waals surface area (Å²) >= 11 is 0. The van der Waals surface area contributed by atoms with Crippen molar-refractivity contribution >= 4 is 23.3 Å². The Morgan fingerprint density at radius 2 is 1.86 bits per heavy atom. The van der Waals surface area contributed by atoms with E-state index in [1.165, 1.54) is 19.1 Å². The Labute approximate surface area is 157 Å². The number of rotatable bonds is 8. The Balaban J connectivity index is 2.35. The van der Waals surface area contributed by atoms with Crippen LogP contribution in [0.2, 0.25) is 0 Å². The summed E-state index contributed by atoms with van der Waals surface area (Å²) in [6, 6.07) is 5.19. The van der Waals surface area contributed by atoms with Gasteiger partial charge in [0.15, 0.2) is 11.6 Å². The normalized spacial score (nSPS) is 10.6. The number of aliphatic carboxylic acids is 1. The van der Waals surface area contributed by atoms with Crippen molar-refractivity contribution in [1.29, 1.82) is 0 Å². The lowest BCUT2D eigenvalue weighted by molar-refractivity contribution is -0.294. The van der Waals surface area contributed by atoms with Crippen LogP contribution in [0, 0.1) is 17.5 Å². The smallest absolute Gasteiger partial charge is 0.305 e. The lowest BCUT2D eigenvalue weighted by Crippen LogP contribution is -2.28. The fraction of sp³-hybridized carbons (Fsp3) is 0.222. The third-order valence-corrected chi connectivity index (χ3v) is 3.68. The molecule has 7 nitrogen and oxygen atoms in total. The number of carbonyl (C=O) groups is 2. The molecule has 0 heterocycles. The number of carbonyl (C=O) groups excluding carboxylic acids is 1. The van der Waals surface area contributed by atoms with Gasteiger partial charge in [-0.3, -0.25) is 14.8 Å². The van der Waals surface area contributed by atoms with Crippen molar-refractivity contribution in [1.82, 2.24) is 5.23 Å². The number of anilines is 2. The van der Waals surface area contributed by atoms with Gasteiger partial charge in [-0.15, -0.1) is 0 Å². The molecule has 2 aromatic carbocycles. The standard InChI is InChI=1S/C18H17F3N2O5/c1-2-28-23(27)18(26)12-6-7-13(19)16(21)17(12)22-11-5-3-10(14(20)9-11)4-8-15(24)25/h3,5-7,9,22,27H,2,4,8H2,1H3,(H,24,25). The van der Waals surface area contributed by atoms with E-state index in [4.69, 9.17) is 5.11 Å². The van der Waals surface area contributed by atoms with Gasteiger partial charge in [-0.1, -0.05) is 11.3 Å². The Bertz CT molecular complexity index is 892. The highest BCUT2D eigenvalue weighted by Crippen LogP contribution is 2.28. The van der Waals surface area contributed by atoms with E-state index in [-0.39, 0.29) is 35.9 Å². The molecule has 0 saturated heterocycles. The van der Waals surface area contributed by atoms with Gasteiger partial charge in [-0.2, -0.15) is 0 Å². The molecule has 0 atom stereocenters. The van der Waals surface area contributed by atoms with Crippen molar-refractivity contribution < 1.29 is 37.9 Å². The molecule has 0 unspecified atom stereocenters. The lowest BCUT2D eigenvalue weighted by Gasteiger charge is -2.17. The molecule has 3 N–H and O–H groups in total. The zero-order valence-electron chi connectivity index (χ0n) is 14.7. The number of carboxylic acid groups (broad SMARTS) is 1. The number of halogens is 3. The molecule has 10 heteroatoms. The van der Waals surface area contributed by atoms with Crippen LogP contribution < -0.4 is 5.32 Å². The van der Waals surface area contributed by atoms with E-state index >= 15 is 0 Å². The molecule has 0 saturated carbocycles. The minimum absolute atomic E-state index is 0.0176. The first-order chi connectivity index (χ1) is 13.2. The molecule has 2 rings (SSSR count). The van der Waals surface area contributed by atoms with Gasteiger partial charge in [-0.05, 0) is 43.2 Å². The molecule has 0 bridgehead atoms. The topological polar surface area (TPSA) is 99.1 Å². The van der Waals surface area contributed by atoms with Crippen LogP contribution in [-0.2, 0) is 16.1 Å². The summed E-state index contributed by atoms with van der Waals surface area (Å²) in [6.07, 6.45) is -0.321. The summed E-state index contributed by atoms with van der Waals surface area (Å²) in [7, 11) is 0. The number of aryl methyl sites for hydroxylation is 1. The summed E-state index contributed by atoms with van der Waals surface area (Å²) in [5.74, 6) is -5.69. The molecule has 0 aromatic heterocycles. The fourth-order valence-corrected chi connectivity index (χ4v) is 2.35. The van der Waals surface area contributed by atoms with Crippen molar-refractivity contribution in [2.24, 2.45) is 0 Å². The van der Waals surface area contributed by atoms with Crippen molar-refractivity contribution in [3.8, 4) is 0 Å². The third-order valence-electron chi connectivity index (χ3n) is 3.68. The average molecular weight is 398 g/mol. The Morgan fingerprint density at radius 3 is 2.46 bits per heavy atom. The number of nitrogens with one attached hydrogen (secondary N) is 1. The molecule has 0 spiro atoms. The maximum absolute atomic E-state index is 14.3. The van der Waals surface area contributed by atoms with Crippen LogP contribution in [0.25, 0.3) is 0 Å². The van der Waals surface area contributed by atoms with Crippen molar-refractivity contribution in [3.63, 3.8) is 0 Å². The molecule has 2 aromatic rings. The van der Waals surface area contributed by atoms with E-state index in [9.17, 15) is 28.0 Å². The fourth-order valence-electron chi connectivity index (χ4n) is 2.35. The largest absolute Gasteiger partial charge is 0.481 e. The van der Waals surface area contributed by atoms with Crippen LogP contribution in [0.3, 0.4) is 0 Å². The number of benzene rings is 2. The van der Waals surface area contributed by atoms with Crippen molar-refractivity contribution in [2.45, 2.75) is 19.8 Å². The van der Waals surface area contributed by atoms with Gasteiger partial charge >= 0.3 is 11.9 Å². The molecular weight excluding hydrogens is 381 g/mol. The molecule has 1 amide bonds. The summed E-state index contributed by atoms with van der Waals surface area (Å²) in [5, 5.41) is 20.5. The number of hydrogen-bond donors (Lipinski definition) is 3. The lowest BCUT2D eigenvalue weighted by atomic mass is 10.1. The van der Waals surface area contributed by atoms with Crippen LogP contribution in [-0.4, -0.2) is 34.0 Å². The van der Waals surface area contributed by atoms with Gasteiger partial charge in [0.1, 0.15) is 5.82 Å². The van der Waals surface area contributed by atoms with Crippen LogP contribution in [0.4, 0.5) is 24.5 Å². The van der Waals surface area contributed by atoms with Crippen LogP contribution >= 0.6 is 0 Å². The maximum atomic E-state index is 14.3. The highest BCUT2D eigenvalue weighted by atomic mass is 19.2. The van der Waals surface area contributed by atoms with Gasteiger partial charge in [-0.25, -0.2) is 18.0 Å². The molecule has 0 fully saturated rings. The predicted molar refractivity (Wildman–Crippen MR) is 91.6 cm³/mol.